The summed E-state index contributed by atoms with van der Waals surface area (Å²) in [5.41, 5.74) is 1.07. The first-order valence-electron chi connectivity index (χ1n) is 8.95. The van der Waals surface area contributed by atoms with E-state index in [1.807, 2.05) is 13.8 Å². The van der Waals surface area contributed by atoms with Gasteiger partial charge in [-0.2, -0.15) is 5.26 Å². The number of carbonyl (C=O) groups excluding carboxylic acids is 2. The van der Waals surface area contributed by atoms with Gasteiger partial charge in [0.1, 0.15) is 12.4 Å². The SMILES string of the molecule is CC1(C)CC(=O)C2=C(C1)N1CC(=O)NC1=C(C#N)C2c1ccccc1[N+](=O)[O-]. The first-order chi connectivity index (χ1) is 13.2. The van der Waals surface area contributed by atoms with Crippen LogP contribution in [0.25, 0.3) is 0 Å². The Kier molecular flexibility index (Phi) is 3.85. The minimum atomic E-state index is -0.866. The normalized spacial score (nSPS) is 23.2. The van der Waals surface area contributed by atoms with Gasteiger partial charge in [-0.15, -0.1) is 0 Å². The van der Waals surface area contributed by atoms with Crippen LogP contribution in [0.3, 0.4) is 0 Å². The largest absolute Gasteiger partial charge is 0.321 e. The predicted octanol–water partition coefficient (Wildman–Crippen LogP) is 2.50. The molecule has 8 heteroatoms. The smallest absolute Gasteiger partial charge is 0.273 e. The molecule has 28 heavy (non-hydrogen) atoms. The summed E-state index contributed by atoms with van der Waals surface area (Å²) < 4.78 is 0. The monoisotopic (exact) mass is 378 g/mol. The van der Waals surface area contributed by atoms with Crippen molar-refractivity contribution in [3.05, 3.63) is 62.6 Å². The van der Waals surface area contributed by atoms with E-state index in [2.05, 4.69) is 11.4 Å². The molecule has 2 heterocycles. The van der Waals surface area contributed by atoms with Crippen molar-refractivity contribution in [2.24, 2.45) is 5.41 Å². The highest BCUT2D eigenvalue weighted by Gasteiger charge is 2.48. The van der Waals surface area contributed by atoms with Crippen LogP contribution in [0.4, 0.5) is 5.69 Å². The zero-order valence-electron chi connectivity index (χ0n) is 15.5. The molecule has 1 N–H and O–H groups in total. The lowest BCUT2D eigenvalue weighted by Gasteiger charge is -2.41. The van der Waals surface area contributed by atoms with Crippen molar-refractivity contribution in [1.29, 1.82) is 5.26 Å². The second-order valence-electron chi connectivity index (χ2n) is 8.06. The number of nitro benzene ring substituents is 1. The van der Waals surface area contributed by atoms with Crippen LogP contribution in [0.1, 0.15) is 38.2 Å². The molecule has 2 aliphatic heterocycles. The minimum Gasteiger partial charge on any atom is -0.321 e. The molecule has 1 amide bonds. The highest BCUT2D eigenvalue weighted by atomic mass is 16.6. The molecule has 3 aliphatic rings. The average molecular weight is 378 g/mol. The number of Topliss-reactive ketones (excluding diaryl/α,β-unsaturated/α-hetero) is 1. The number of amides is 1. The van der Waals surface area contributed by atoms with Crippen molar-refractivity contribution >= 4 is 17.4 Å². The van der Waals surface area contributed by atoms with E-state index in [0.29, 0.717) is 23.5 Å². The molecule has 1 aliphatic carbocycles. The zero-order valence-corrected chi connectivity index (χ0v) is 15.5. The minimum absolute atomic E-state index is 0.0340. The summed E-state index contributed by atoms with van der Waals surface area (Å²) in [5, 5.41) is 24.2. The third-order valence-corrected chi connectivity index (χ3v) is 5.45. The maximum Gasteiger partial charge on any atom is 0.273 e. The Morgan fingerprint density at radius 3 is 2.68 bits per heavy atom. The number of nitrogens with zero attached hydrogens (tertiary/aromatic N) is 3. The number of hydrogen-bond donors (Lipinski definition) is 1. The Labute approximate surface area is 161 Å². The average Bonchev–Trinajstić information content (AvgIpc) is 3.01. The molecule has 0 radical (unpaired) electrons. The highest BCUT2D eigenvalue weighted by molar-refractivity contribution is 6.01. The molecule has 8 nitrogen and oxygen atoms in total. The Balaban J connectivity index is 2.02. The first kappa shape index (κ1) is 17.9. The molecule has 0 saturated carbocycles. The molecule has 0 aromatic heterocycles. The zero-order chi connectivity index (χ0) is 20.2. The number of carbonyl (C=O) groups is 2. The first-order valence-corrected chi connectivity index (χ1v) is 8.95. The fourth-order valence-electron chi connectivity index (χ4n) is 4.38. The van der Waals surface area contributed by atoms with E-state index in [1.54, 1.807) is 23.1 Å². The molecular formula is C20H18N4O4. The van der Waals surface area contributed by atoms with Crippen LogP contribution in [-0.4, -0.2) is 28.1 Å². The van der Waals surface area contributed by atoms with Gasteiger partial charge in [-0.3, -0.25) is 19.7 Å². The van der Waals surface area contributed by atoms with Crippen LogP contribution in [0.15, 0.2) is 46.9 Å². The topological polar surface area (TPSA) is 116 Å². The molecule has 0 bridgehead atoms. The number of nitriles is 1. The summed E-state index contributed by atoms with van der Waals surface area (Å²) in [4.78, 5) is 38.0. The molecule has 4 rings (SSSR count). The summed E-state index contributed by atoms with van der Waals surface area (Å²) in [5.74, 6) is -0.941. The molecule has 1 saturated heterocycles. The summed E-state index contributed by atoms with van der Waals surface area (Å²) in [6.07, 6.45) is 0.828. The highest BCUT2D eigenvalue weighted by Crippen LogP contribution is 2.51. The Hall–Kier alpha value is -3.47. The van der Waals surface area contributed by atoms with E-state index < -0.39 is 10.8 Å². The number of rotatable bonds is 2. The molecule has 1 atom stereocenters. The molecule has 1 fully saturated rings. The standard InChI is InChI=1S/C20H18N4O4/c1-20(2)7-14-18(15(25)8-20)17(11-5-3-4-6-13(11)24(27)28)12(9-21)19-22-16(26)10-23(14)19/h3-6,17H,7-8,10H2,1-2H3,(H,22,26). The summed E-state index contributed by atoms with van der Waals surface area (Å²) >= 11 is 0. The van der Waals surface area contributed by atoms with Gasteiger partial charge in [0.25, 0.3) is 5.69 Å². The van der Waals surface area contributed by atoms with E-state index in [0.717, 1.165) is 0 Å². The number of benzene rings is 1. The Bertz CT molecular complexity index is 1040. The quantitative estimate of drug-likeness (QED) is 0.624. The van der Waals surface area contributed by atoms with E-state index in [4.69, 9.17) is 0 Å². The van der Waals surface area contributed by atoms with Gasteiger partial charge in [0.05, 0.1) is 22.5 Å². The third kappa shape index (κ3) is 2.59. The second-order valence-corrected chi connectivity index (χ2v) is 8.06. The Morgan fingerprint density at radius 2 is 2.00 bits per heavy atom. The van der Waals surface area contributed by atoms with Gasteiger partial charge < -0.3 is 10.2 Å². The van der Waals surface area contributed by atoms with Gasteiger partial charge in [0.2, 0.25) is 5.91 Å². The van der Waals surface area contributed by atoms with Gasteiger partial charge >= 0.3 is 0 Å². The lowest BCUT2D eigenvalue weighted by atomic mass is 9.68. The molecular weight excluding hydrogens is 360 g/mol. The molecule has 1 aromatic carbocycles. The van der Waals surface area contributed by atoms with Crippen molar-refractivity contribution in [2.75, 3.05) is 6.54 Å². The van der Waals surface area contributed by atoms with Crippen LogP contribution in [0, 0.1) is 26.9 Å². The molecule has 1 aromatic rings. The van der Waals surface area contributed by atoms with Gasteiger partial charge in [0.15, 0.2) is 5.78 Å². The van der Waals surface area contributed by atoms with Crippen molar-refractivity contribution in [1.82, 2.24) is 10.2 Å². The van der Waals surface area contributed by atoms with Crippen LogP contribution in [0.2, 0.25) is 0 Å². The van der Waals surface area contributed by atoms with Crippen LogP contribution < -0.4 is 5.32 Å². The van der Waals surface area contributed by atoms with Gasteiger partial charge in [-0.05, 0) is 11.8 Å². The van der Waals surface area contributed by atoms with Gasteiger partial charge in [-0.25, -0.2) is 0 Å². The third-order valence-electron chi connectivity index (χ3n) is 5.45. The number of nitro groups is 1. The summed E-state index contributed by atoms with van der Waals surface area (Å²) in [6, 6.07) is 8.24. The van der Waals surface area contributed by atoms with E-state index in [1.165, 1.54) is 6.07 Å². The van der Waals surface area contributed by atoms with Gasteiger partial charge in [-0.1, -0.05) is 32.0 Å². The molecule has 142 valence electrons. The van der Waals surface area contributed by atoms with Crippen molar-refractivity contribution in [3.63, 3.8) is 0 Å². The van der Waals surface area contributed by atoms with Crippen molar-refractivity contribution in [2.45, 2.75) is 32.6 Å². The van der Waals surface area contributed by atoms with E-state index >= 15 is 0 Å². The summed E-state index contributed by atoms with van der Waals surface area (Å²) in [7, 11) is 0. The Morgan fingerprint density at radius 1 is 1.29 bits per heavy atom. The van der Waals surface area contributed by atoms with Crippen LogP contribution in [-0.2, 0) is 9.59 Å². The molecule has 0 spiro atoms. The lowest BCUT2D eigenvalue weighted by Crippen LogP contribution is -2.39. The fourth-order valence-corrected chi connectivity index (χ4v) is 4.38. The summed E-state index contributed by atoms with van der Waals surface area (Å²) in [6.45, 7) is 3.98. The number of hydrogen-bond acceptors (Lipinski definition) is 6. The molecule has 1 unspecified atom stereocenters. The number of para-hydroxylation sites is 1. The second kappa shape index (κ2) is 6.02. The van der Waals surface area contributed by atoms with Crippen LogP contribution >= 0.6 is 0 Å². The van der Waals surface area contributed by atoms with Crippen LogP contribution in [0.5, 0.6) is 0 Å². The van der Waals surface area contributed by atoms with Crippen molar-refractivity contribution < 1.29 is 14.5 Å². The fraction of sp³-hybridized carbons (Fsp3) is 0.350. The number of ketones is 1. The van der Waals surface area contributed by atoms with E-state index in [-0.39, 0.29) is 46.9 Å². The number of allylic oxidation sites excluding steroid dienone is 3. The van der Waals surface area contributed by atoms with Gasteiger partial charge in [0, 0.05) is 29.3 Å². The number of fused-ring (bicyclic) bond motifs is 2. The predicted molar refractivity (Wildman–Crippen MR) is 98.4 cm³/mol. The van der Waals surface area contributed by atoms with Crippen molar-refractivity contribution in [3.8, 4) is 6.07 Å². The number of nitrogens with one attached hydrogen (secondary N) is 1. The maximum absolute atomic E-state index is 13.1. The van der Waals surface area contributed by atoms with E-state index in [9.17, 15) is 25.0 Å². The lowest BCUT2D eigenvalue weighted by molar-refractivity contribution is -0.385. The maximum atomic E-state index is 13.1.